The highest BCUT2D eigenvalue weighted by molar-refractivity contribution is 6.15. The quantitative estimate of drug-likeness (QED) is 0.337. The number of cyclic esters (lactones) is 2. The molecule has 0 spiro atoms. The van der Waals surface area contributed by atoms with Crippen LogP contribution < -0.4 is 5.32 Å². The van der Waals surface area contributed by atoms with E-state index in [0.29, 0.717) is 6.54 Å². The number of carbonyl (C=O) groups is 2. The maximum absolute atomic E-state index is 11.5. The molecule has 0 aromatic heterocycles. The van der Waals surface area contributed by atoms with Gasteiger partial charge in [0.1, 0.15) is 0 Å². The summed E-state index contributed by atoms with van der Waals surface area (Å²) in [7, 11) is 0. The van der Waals surface area contributed by atoms with Crippen LogP contribution in [0.2, 0.25) is 0 Å². The Morgan fingerprint density at radius 3 is 2.31 bits per heavy atom. The lowest BCUT2D eigenvalue weighted by atomic mass is 10.2. The number of rotatable bonds is 4. The van der Waals surface area contributed by atoms with Crippen molar-refractivity contribution in [1.82, 2.24) is 5.32 Å². The Bertz CT molecular complexity index is 298. The standard InChI is InChI=1S/C11H17NO4/c1-4-5-6-12-7-8-9(13)15-11(2,3)16-10(8)14/h7,12H,4-6H2,1-3H3. The highest BCUT2D eigenvalue weighted by Crippen LogP contribution is 2.21. The van der Waals surface area contributed by atoms with E-state index in [1.807, 2.05) is 0 Å². The minimum atomic E-state index is -1.17. The first-order valence-electron chi connectivity index (χ1n) is 5.36. The van der Waals surface area contributed by atoms with Crippen molar-refractivity contribution < 1.29 is 19.1 Å². The molecule has 0 radical (unpaired) electrons. The fraction of sp³-hybridized carbons (Fsp3) is 0.636. The average Bonchev–Trinajstić information content (AvgIpc) is 2.13. The van der Waals surface area contributed by atoms with E-state index in [2.05, 4.69) is 12.2 Å². The van der Waals surface area contributed by atoms with Crippen LogP contribution in [0, 0.1) is 0 Å². The molecule has 0 amide bonds. The first kappa shape index (κ1) is 12.5. The molecule has 0 atom stereocenters. The van der Waals surface area contributed by atoms with E-state index in [1.165, 1.54) is 20.0 Å². The van der Waals surface area contributed by atoms with E-state index in [-0.39, 0.29) is 5.57 Å². The van der Waals surface area contributed by atoms with Crippen molar-refractivity contribution in [1.29, 1.82) is 0 Å². The minimum Gasteiger partial charge on any atom is -0.419 e. The van der Waals surface area contributed by atoms with Gasteiger partial charge in [-0.25, -0.2) is 9.59 Å². The van der Waals surface area contributed by atoms with Gasteiger partial charge in [-0.15, -0.1) is 0 Å². The molecule has 0 aromatic rings. The largest absolute Gasteiger partial charge is 0.419 e. The maximum Gasteiger partial charge on any atom is 0.350 e. The fourth-order valence-corrected chi connectivity index (χ4v) is 1.23. The van der Waals surface area contributed by atoms with Crippen molar-refractivity contribution in [3.63, 3.8) is 0 Å². The third kappa shape index (κ3) is 3.25. The molecule has 0 saturated carbocycles. The van der Waals surface area contributed by atoms with Gasteiger partial charge < -0.3 is 14.8 Å². The molecule has 90 valence electrons. The van der Waals surface area contributed by atoms with E-state index in [4.69, 9.17) is 9.47 Å². The summed E-state index contributed by atoms with van der Waals surface area (Å²) in [5.41, 5.74) is -0.0876. The average molecular weight is 227 g/mol. The van der Waals surface area contributed by atoms with Crippen LogP contribution in [0.3, 0.4) is 0 Å². The zero-order valence-electron chi connectivity index (χ0n) is 9.83. The molecule has 1 rings (SSSR count). The van der Waals surface area contributed by atoms with E-state index in [0.717, 1.165) is 12.8 Å². The minimum absolute atomic E-state index is 0.0876. The van der Waals surface area contributed by atoms with Crippen LogP contribution >= 0.6 is 0 Å². The summed E-state index contributed by atoms with van der Waals surface area (Å²) in [6.07, 6.45) is 3.37. The molecule has 0 aromatic carbocycles. The SMILES string of the molecule is CCCCNC=C1C(=O)OC(C)(C)OC1=O. The third-order valence-electron chi connectivity index (χ3n) is 2.04. The van der Waals surface area contributed by atoms with Gasteiger partial charge in [0, 0.05) is 26.6 Å². The van der Waals surface area contributed by atoms with E-state index < -0.39 is 17.7 Å². The van der Waals surface area contributed by atoms with Crippen LogP contribution in [0.4, 0.5) is 0 Å². The number of ether oxygens (including phenoxy) is 2. The topological polar surface area (TPSA) is 64.6 Å². The summed E-state index contributed by atoms with van der Waals surface area (Å²) in [4.78, 5) is 22.9. The Morgan fingerprint density at radius 1 is 1.25 bits per heavy atom. The lowest BCUT2D eigenvalue weighted by Crippen LogP contribution is -2.42. The van der Waals surface area contributed by atoms with Crippen molar-refractivity contribution in [2.24, 2.45) is 0 Å². The summed E-state index contributed by atoms with van der Waals surface area (Å²) < 4.78 is 9.85. The number of carbonyl (C=O) groups excluding carboxylic acids is 2. The predicted molar refractivity (Wildman–Crippen MR) is 57.3 cm³/mol. The smallest absolute Gasteiger partial charge is 0.350 e. The molecule has 1 aliphatic heterocycles. The Kier molecular flexibility index (Phi) is 3.93. The third-order valence-corrected chi connectivity index (χ3v) is 2.04. The number of esters is 2. The van der Waals surface area contributed by atoms with Crippen LogP contribution in [0.5, 0.6) is 0 Å². The summed E-state index contributed by atoms with van der Waals surface area (Å²) in [6.45, 7) is 5.80. The predicted octanol–water partition coefficient (Wildman–Crippen LogP) is 1.10. The van der Waals surface area contributed by atoms with Crippen LogP contribution in [0.1, 0.15) is 33.6 Å². The van der Waals surface area contributed by atoms with Crippen molar-refractivity contribution in [3.05, 3.63) is 11.8 Å². The van der Waals surface area contributed by atoms with Gasteiger partial charge in [0.2, 0.25) is 0 Å². The van der Waals surface area contributed by atoms with Crippen molar-refractivity contribution in [2.45, 2.75) is 39.4 Å². The van der Waals surface area contributed by atoms with Gasteiger partial charge in [-0.1, -0.05) is 13.3 Å². The second-order valence-electron chi connectivity index (χ2n) is 4.04. The molecule has 1 aliphatic rings. The highest BCUT2D eigenvalue weighted by atomic mass is 16.7. The van der Waals surface area contributed by atoms with Crippen LogP contribution in [-0.2, 0) is 19.1 Å². The number of hydrogen-bond donors (Lipinski definition) is 1. The molecule has 0 unspecified atom stereocenters. The Hall–Kier alpha value is -1.52. The lowest BCUT2D eigenvalue weighted by Gasteiger charge is -2.29. The van der Waals surface area contributed by atoms with E-state index in [9.17, 15) is 9.59 Å². The van der Waals surface area contributed by atoms with Gasteiger partial charge in [0.15, 0.2) is 5.57 Å². The van der Waals surface area contributed by atoms with Gasteiger partial charge in [0.05, 0.1) is 0 Å². The zero-order chi connectivity index (χ0) is 12.2. The monoisotopic (exact) mass is 227 g/mol. The Balaban J connectivity index is 2.60. The second kappa shape index (κ2) is 5.01. The summed E-state index contributed by atoms with van der Waals surface area (Å²) >= 11 is 0. The van der Waals surface area contributed by atoms with E-state index in [1.54, 1.807) is 0 Å². The Labute approximate surface area is 94.8 Å². The highest BCUT2D eigenvalue weighted by Gasteiger charge is 2.38. The van der Waals surface area contributed by atoms with Gasteiger partial charge in [-0.05, 0) is 6.42 Å². The second-order valence-corrected chi connectivity index (χ2v) is 4.04. The summed E-state index contributed by atoms with van der Waals surface area (Å²) in [6, 6.07) is 0. The Morgan fingerprint density at radius 2 is 1.81 bits per heavy atom. The lowest BCUT2D eigenvalue weighted by molar-refractivity contribution is -0.222. The normalized spacial score (nSPS) is 18.8. The molecule has 5 nitrogen and oxygen atoms in total. The number of nitrogens with one attached hydrogen (secondary N) is 1. The molecular formula is C11H17NO4. The molecule has 1 heterocycles. The van der Waals surface area contributed by atoms with Gasteiger partial charge in [-0.2, -0.15) is 0 Å². The van der Waals surface area contributed by atoms with Crippen LogP contribution in [0.15, 0.2) is 11.8 Å². The summed E-state index contributed by atoms with van der Waals surface area (Å²) in [5.74, 6) is -2.47. The molecule has 0 bridgehead atoms. The molecule has 1 N–H and O–H groups in total. The first-order chi connectivity index (χ1) is 7.46. The maximum atomic E-state index is 11.5. The van der Waals surface area contributed by atoms with Crippen molar-refractivity contribution >= 4 is 11.9 Å². The number of unbranched alkanes of at least 4 members (excludes halogenated alkanes) is 1. The van der Waals surface area contributed by atoms with Crippen molar-refractivity contribution in [2.75, 3.05) is 6.54 Å². The summed E-state index contributed by atoms with van der Waals surface area (Å²) in [5, 5.41) is 2.88. The molecule has 1 saturated heterocycles. The van der Waals surface area contributed by atoms with Crippen molar-refractivity contribution in [3.8, 4) is 0 Å². The fourth-order valence-electron chi connectivity index (χ4n) is 1.23. The molecular weight excluding hydrogens is 210 g/mol. The molecule has 0 aliphatic carbocycles. The molecule has 5 heteroatoms. The van der Waals surface area contributed by atoms with Gasteiger partial charge in [-0.3, -0.25) is 0 Å². The van der Waals surface area contributed by atoms with Crippen LogP contribution in [-0.4, -0.2) is 24.3 Å². The molecule has 16 heavy (non-hydrogen) atoms. The zero-order valence-corrected chi connectivity index (χ0v) is 9.83. The first-order valence-corrected chi connectivity index (χ1v) is 5.36. The molecule has 1 fully saturated rings. The number of hydrogen-bond acceptors (Lipinski definition) is 5. The van der Waals surface area contributed by atoms with Crippen LogP contribution in [0.25, 0.3) is 0 Å². The van der Waals surface area contributed by atoms with E-state index >= 15 is 0 Å². The van der Waals surface area contributed by atoms with Gasteiger partial charge >= 0.3 is 11.9 Å². The van der Waals surface area contributed by atoms with Gasteiger partial charge in [0.25, 0.3) is 5.79 Å².